The van der Waals surface area contributed by atoms with E-state index in [9.17, 15) is 0 Å². The van der Waals surface area contributed by atoms with Crippen LogP contribution in [-0.4, -0.2) is 29.5 Å². The summed E-state index contributed by atoms with van der Waals surface area (Å²) >= 11 is 3.53. The Morgan fingerprint density at radius 2 is 0.952 bits per heavy atom. The third kappa shape index (κ3) is 5.87. The molecule has 13 rings (SSSR count). The van der Waals surface area contributed by atoms with Gasteiger partial charge < -0.3 is 4.57 Å². The predicted octanol–water partition coefficient (Wildman–Crippen LogP) is 14.8. The average molecular weight is 841 g/mol. The van der Waals surface area contributed by atoms with Crippen molar-refractivity contribution in [1.29, 1.82) is 0 Å². The van der Waals surface area contributed by atoms with Crippen molar-refractivity contribution in [2.45, 2.75) is 0 Å². The van der Waals surface area contributed by atoms with Crippen molar-refractivity contribution in [3.63, 3.8) is 0 Å². The molecule has 0 saturated carbocycles. The summed E-state index contributed by atoms with van der Waals surface area (Å²) in [5.74, 6) is 2.60. The quantitative estimate of drug-likeness (QED) is 0.167. The van der Waals surface area contributed by atoms with Gasteiger partial charge in [-0.05, 0) is 48.5 Å². The number of hydrogen-bond acceptors (Lipinski definition) is 7. The lowest BCUT2D eigenvalue weighted by molar-refractivity contribution is 1.08. The normalized spacial score (nSPS) is 11.8. The van der Waals surface area contributed by atoms with Gasteiger partial charge in [-0.15, -0.1) is 22.7 Å². The third-order valence-electron chi connectivity index (χ3n) is 11.9. The van der Waals surface area contributed by atoms with Crippen molar-refractivity contribution in [3.05, 3.63) is 194 Å². The molecule has 8 aromatic carbocycles. The SMILES string of the molecule is c1ccc(-c2nc(-c3ccccc3)nc(-c3cccc4sc5ccc(-c6nc(-c7ccc8c9ccccc9n(-c9ccccc9)c8c7)nc7c6sc6ccccc67)cc5c34)n2)cc1. The van der Waals surface area contributed by atoms with Gasteiger partial charge in [0.25, 0.3) is 0 Å². The maximum atomic E-state index is 5.50. The summed E-state index contributed by atoms with van der Waals surface area (Å²) in [6.45, 7) is 0. The van der Waals surface area contributed by atoms with Crippen LogP contribution in [0.5, 0.6) is 0 Å². The fourth-order valence-corrected chi connectivity index (χ4v) is 11.2. The number of hydrogen-bond donors (Lipinski definition) is 0. The van der Waals surface area contributed by atoms with Crippen molar-refractivity contribution in [2.24, 2.45) is 0 Å². The zero-order valence-corrected chi connectivity index (χ0v) is 35.1. The molecule has 63 heavy (non-hydrogen) atoms. The zero-order valence-electron chi connectivity index (χ0n) is 33.5. The first-order valence-electron chi connectivity index (χ1n) is 20.8. The lowest BCUT2D eigenvalue weighted by Gasteiger charge is -2.11. The Bertz CT molecular complexity index is 3850. The second-order valence-corrected chi connectivity index (χ2v) is 17.8. The van der Waals surface area contributed by atoms with E-state index in [0.29, 0.717) is 23.3 Å². The van der Waals surface area contributed by atoms with Gasteiger partial charge in [-0.2, -0.15) is 0 Å². The number of nitrogens with zero attached hydrogens (tertiary/aromatic N) is 6. The molecule has 0 fully saturated rings. The minimum absolute atomic E-state index is 0.637. The molecule has 0 aliphatic heterocycles. The smallest absolute Gasteiger partial charge is 0.164 e. The van der Waals surface area contributed by atoms with E-state index in [1.54, 1.807) is 22.7 Å². The van der Waals surface area contributed by atoms with Crippen LogP contribution >= 0.6 is 22.7 Å². The third-order valence-corrected chi connectivity index (χ3v) is 14.2. The molecule has 0 radical (unpaired) electrons. The summed E-state index contributed by atoms with van der Waals surface area (Å²) in [6, 6.07) is 67.9. The van der Waals surface area contributed by atoms with Crippen LogP contribution in [-0.2, 0) is 0 Å². The number of benzene rings is 8. The minimum Gasteiger partial charge on any atom is -0.309 e. The number of para-hydroxylation sites is 2. The lowest BCUT2D eigenvalue weighted by atomic mass is 10.0. The van der Waals surface area contributed by atoms with Crippen molar-refractivity contribution < 1.29 is 0 Å². The summed E-state index contributed by atoms with van der Waals surface area (Å²) in [5.41, 5.74) is 10.1. The highest BCUT2D eigenvalue weighted by Crippen LogP contribution is 2.44. The van der Waals surface area contributed by atoms with E-state index in [1.165, 1.54) is 24.9 Å². The van der Waals surface area contributed by atoms with Crippen LogP contribution in [0.4, 0.5) is 0 Å². The van der Waals surface area contributed by atoms with Gasteiger partial charge in [-0.25, -0.2) is 24.9 Å². The van der Waals surface area contributed by atoms with Gasteiger partial charge in [0.05, 0.1) is 26.9 Å². The van der Waals surface area contributed by atoms with Gasteiger partial charge in [-0.1, -0.05) is 146 Å². The van der Waals surface area contributed by atoms with E-state index in [1.807, 2.05) is 60.7 Å². The molecular formula is C55H32N6S2. The fourth-order valence-electron chi connectivity index (χ4n) is 8.97. The van der Waals surface area contributed by atoms with Gasteiger partial charge in [0.2, 0.25) is 0 Å². The summed E-state index contributed by atoms with van der Waals surface area (Å²) in [6.07, 6.45) is 0. The molecular weight excluding hydrogens is 809 g/mol. The number of fused-ring (bicyclic) bond motifs is 9. The first-order valence-corrected chi connectivity index (χ1v) is 22.5. The van der Waals surface area contributed by atoms with Crippen molar-refractivity contribution >= 4 is 85.0 Å². The van der Waals surface area contributed by atoms with E-state index in [-0.39, 0.29) is 0 Å². The predicted molar refractivity (Wildman–Crippen MR) is 263 cm³/mol. The second kappa shape index (κ2) is 14.3. The molecule has 6 nitrogen and oxygen atoms in total. The van der Waals surface area contributed by atoms with E-state index in [2.05, 4.69) is 138 Å². The van der Waals surface area contributed by atoms with Gasteiger partial charge in [0.1, 0.15) is 0 Å². The Labute approximate surface area is 369 Å². The molecule has 13 aromatic rings. The van der Waals surface area contributed by atoms with E-state index >= 15 is 0 Å². The highest BCUT2D eigenvalue weighted by atomic mass is 32.1. The van der Waals surface area contributed by atoms with Crippen molar-refractivity contribution in [2.75, 3.05) is 0 Å². The Morgan fingerprint density at radius 1 is 0.349 bits per heavy atom. The summed E-state index contributed by atoms with van der Waals surface area (Å²) in [4.78, 5) is 26.2. The van der Waals surface area contributed by atoms with Crippen LogP contribution < -0.4 is 0 Å². The fraction of sp³-hybridized carbons (Fsp3) is 0. The number of thiophene rings is 2. The summed E-state index contributed by atoms with van der Waals surface area (Å²) in [7, 11) is 0. The van der Waals surface area contributed by atoms with Crippen LogP contribution in [0.2, 0.25) is 0 Å². The Hall–Kier alpha value is -7.91. The average Bonchev–Trinajstić information content (AvgIpc) is 4.03. The van der Waals surface area contributed by atoms with E-state index in [4.69, 9.17) is 24.9 Å². The molecule has 5 heterocycles. The van der Waals surface area contributed by atoms with Gasteiger partial charge in [0.15, 0.2) is 23.3 Å². The molecule has 0 spiro atoms. The summed E-state index contributed by atoms with van der Waals surface area (Å²) in [5, 5.41) is 5.78. The molecule has 0 saturated heterocycles. The topological polar surface area (TPSA) is 69.4 Å². The monoisotopic (exact) mass is 840 g/mol. The maximum absolute atomic E-state index is 5.50. The van der Waals surface area contributed by atoms with Crippen molar-refractivity contribution in [1.82, 2.24) is 29.5 Å². The molecule has 0 bridgehead atoms. The number of aromatic nitrogens is 6. The highest BCUT2D eigenvalue weighted by Gasteiger charge is 2.21. The Balaban J connectivity index is 1.03. The second-order valence-electron chi connectivity index (χ2n) is 15.6. The molecule has 0 aliphatic rings. The lowest BCUT2D eigenvalue weighted by Crippen LogP contribution is -2.00. The van der Waals surface area contributed by atoms with Crippen LogP contribution in [0.25, 0.3) is 125 Å². The van der Waals surface area contributed by atoms with Crippen LogP contribution in [0, 0.1) is 0 Å². The summed E-state index contributed by atoms with van der Waals surface area (Å²) < 4.78 is 6.94. The Kier molecular flexibility index (Phi) is 8.15. The van der Waals surface area contributed by atoms with Gasteiger partial charge in [0, 0.05) is 74.5 Å². The first-order chi connectivity index (χ1) is 31.2. The Morgan fingerprint density at radius 3 is 1.73 bits per heavy atom. The standard InChI is InChI=1S/C55H32N6S2/c1-4-15-33(16-5-1)52-58-53(34-17-6-2-7-18-34)60-55(59-52)41-23-14-26-47-48(41)42-31-35(28-30-46(42)62-47)49-51-50(40-22-11-13-25-45(40)63-51)57-54(56-49)36-27-29-39-38-21-10-12-24-43(38)61(44(39)32-36)37-19-8-3-9-20-37/h1-32H. The van der Waals surface area contributed by atoms with E-state index < -0.39 is 0 Å². The minimum atomic E-state index is 0.637. The van der Waals surface area contributed by atoms with Crippen molar-refractivity contribution in [3.8, 4) is 62.5 Å². The number of rotatable bonds is 6. The van der Waals surface area contributed by atoms with Crippen LogP contribution in [0.1, 0.15) is 0 Å². The van der Waals surface area contributed by atoms with Gasteiger partial charge in [-0.3, -0.25) is 0 Å². The molecule has 294 valence electrons. The molecule has 0 unspecified atom stereocenters. The highest BCUT2D eigenvalue weighted by molar-refractivity contribution is 7.26. The molecule has 0 atom stereocenters. The van der Waals surface area contributed by atoms with Gasteiger partial charge >= 0.3 is 0 Å². The largest absolute Gasteiger partial charge is 0.309 e. The maximum Gasteiger partial charge on any atom is 0.164 e. The van der Waals surface area contributed by atoms with Crippen LogP contribution in [0.15, 0.2) is 194 Å². The first kappa shape index (κ1) is 35.8. The molecule has 8 heteroatoms. The van der Waals surface area contributed by atoms with E-state index in [0.717, 1.165) is 76.6 Å². The van der Waals surface area contributed by atoms with Crippen LogP contribution in [0.3, 0.4) is 0 Å². The molecule has 0 aliphatic carbocycles. The molecule has 0 amide bonds. The zero-order chi connectivity index (χ0) is 41.4. The molecule has 0 N–H and O–H groups in total. The molecule has 5 aromatic heterocycles.